The SMILES string of the molecule is CCN(c1ccc(C(=O)Nc2ccc(C(=O)NC3CCCC3)cc2)cc1)C(C)C. The largest absolute Gasteiger partial charge is 0.369 e. The van der Waals surface area contributed by atoms with Gasteiger partial charge in [0.2, 0.25) is 0 Å². The van der Waals surface area contributed by atoms with Crippen molar-refractivity contribution in [1.29, 1.82) is 0 Å². The number of carbonyl (C=O) groups excluding carboxylic acids is 2. The van der Waals surface area contributed by atoms with E-state index in [1.807, 2.05) is 24.3 Å². The summed E-state index contributed by atoms with van der Waals surface area (Å²) < 4.78 is 0. The predicted molar refractivity (Wildman–Crippen MR) is 119 cm³/mol. The third-order valence-electron chi connectivity index (χ3n) is 5.52. The molecule has 29 heavy (non-hydrogen) atoms. The van der Waals surface area contributed by atoms with Crippen molar-refractivity contribution in [2.24, 2.45) is 0 Å². The van der Waals surface area contributed by atoms with Crippen LogP contribution in [-0.2, 0) is 0 Å². The molecule has 0 atom stereocenters. The molecule has 2 amide bonds. The van der Waals surface area contributed by atoms with Gasteiger partial charge in [0.25, 0.3) is 11.8 Å². The molecule has 0 unspecified atom stereocenters. The molecule has 0 spiro atoms. The highest BCUT2D eigenvalue weighted by molar-refractivity contribution is 6.04. The summed E-state index contributed by atoms with van der Waals surface area (Å²) in [5.41, 5.74) is 3.01. The molecule has 0 aliphatic heterocycles. The van der Waals surface area contributed by atoms with E-state index in [1.54, 1.807) is 24.3 Å². The normalized spacial score (nSPS) is 14.1. The first-order valence-corrected chi connectivity index (χ1v) is 10.6. The zero-order chi connectivity index (χ0) is 20.8. The van der Waals surface area contributed by atoms with Gasteiger partial charge in [-0.15, -0.1) is 0 Å². The second-order valence-corrected chi connectivity index (χ2v) is 7.91. The monoisotopic (exact) mass is 393 g/mol. The van der Waals surface area contributed by atoms with Crippen LogP contribution in [-0.4, -0.2) is 30.4 Å². The van der Waals surface area contributed by atoms with E-state index < -0.39 is 0 Å². The molecule has 0 radical (unpaired) electrons. The minimum Gasteiger partial charge on any atom is -0.369 e. The fraction of sp³-hybridized carbons (Fsp3) is 0.417. The van der Waals surface area contributed by atoms with E-state index in [-0.39, 0.29) is 11.8 Å². The van der Waals surface area contributed by atoms with Gasteiger partial charge in [-0.3, -0.25) is 9.59 Å². The van der Waals surface area contributed by atoms with Crippen molar-refractivity contribution in [1.82, 2.24) is 5.32 Å². The highest BCUT2D eigenvalue weighted by Crippen LogP contribution is 2.20. The van der Waals surface area contributed by atoms with Crippen molar-refractivity contribution in [3.05, 3.63) is 59.7 Å². The standard InChI is InChI=1S/C24H31N3O2/c1-4-27(17(2)3)22-15-11-19(12-16-22)24(29)26-21-13-9-18(10-14-21)23(28)25-20-7-5-6-8-20/h9-17,20H,4-8H2,1-3H3,(H,25,28)(H,26,29). The van der Waals surface area contributed by atoms with Crippen molar-refractivity contribution in [2.75, 3.05) is 16.8 Å². The van der Waals surface area contributed by atoms with Crippen molar-refractivity contribution in [3.63, 3.8) is 0 Å². The Kier molecular flexibility index (Phi) is 6.91. The van der Waals surface area contributed by atoms with E-state index in [0.29, 0.717) is 28.9 Å². The fourth-order valence-electron chi connectivity index (χ4n) is 3.90. The number of rotatable bonds is 7. The van der Waals surface area contributed by atoms with Gasteiger partial charge in [0.1, 0.15) is 0 Å². The molecule has 5 nitrogen and oxygen atoms in total. The first kappa shape index (κ1) is 20.9. The van der Waals surface area contributed by atoms with Gasteiger partial charge in [-0.25, -0.2) is 0 Å². The molecule has 1 saturated carbocycles. The highest BCUT2D eigenvalue weighted by Gasteiger charge is 2.18. The molecule has 0 aromatic heterocycles. The van der Waals surface area contributed by atoms with E-state index in [1.165, 1.54) is 12.8 Å². The van der Waals surface area contributed by atoms with Gasteiger partial charge < -0.3 is 15.5 Å². The summed E-state index contributed by atoms with van der Waals surface area (Å²) in [5.74, 6) is -0.205. The molecular formula is C24H31N3O2. The van der Waals surface area contributed by atoms with Crippen LogP contribution >= 0.6 is 0 Å². The third-order valence-corrected chi connectivity index (χ3v) is 5.52. The summed E-state index contributed by atoms with van der Waals surface area (Å²) in [7, 11) is 0. The van der Waals surface area contributed by atoms with Crippen LogP contribution in [0.5, 0.6) is 0 Å². The maximum atomic E-state index is 12.5. The molecule has 2 aromatic carbocycles. The van der Waals surface area contributed by atoms with Gasteiger partial charge in [-0.1, -0.05) is 12.8 Å². The van der Waals surface area contributed by atoms with Gasteiger partial charge in [-0.2, -0.15) is 0 Å². The zero-order valence-electron chi connectivity index (χ0n) is 17.6. The molecular weight excluding hydrogens is 362 g/mol. The Bertz CT molecular complexity index is 822. The Morgan fingerprint density at radius 1 is 0.931 bits per heavy atom. The minimum absolute atomic E-state index is 0.0454. The number of nitrogens with one attached hydrogen (secondary N) is 2. The highest BCUT2D eigenvalue weighted by atomic mass is 16.2. The Hall–Kier alpha value is -2.82. The average molecular weight is 394 g/mol. The Morgan fingerprint density at radius 3 is 2.03 bits per heavy atom. The van der Waals surface area contributed by atoms with Crippen molar-refractivity contribution < 1.29 is 9.59 Å². The van der Waals surface area contributed by atoms with E-state index in [2.05, 4.69) is 36.3 Å². The average Bonchev–Trinajstić information content (AvgIpc) is 3.22. The van der Waals surface area contributed by atoms with Crippen LogP contribution in [0.2, 0.25) is 0 Å². The zero-order valence-corrected chi connectivity index (χ0v) is 17.6. The topological polar surface area (TPSA) is 61.4 Å². The van der Waals surface area contributed by atoms with Crippen molar-refractivity contribution in [3.8, 4) is 0 Å². The van der Waals surface area contributed by atoms with Gasteiger partial charge in [-0.05, 0) is 82.1 Å². The lowest BCUT2D eigenvalue weighted by Crippen LogP contribution is -2.32. The Balaban J connectivity index is 1.59. The van der Waals surface area contributed by atoms with Gasteiger partial charge in [0.15, 0.2) is 0 Å². The molecule has 154 valence electrons. The number of anilines is 2. The maximum absolute atomic E-state index is 12.5. The second-order valence-electron chi connectivity index (χ2n) is 7.91. The van der Waals surface area contributed by atoms with Gasteiger partial charge >= 0.3 is 0 Å². The van der Waals surface area contributed by atoms with Crippen molar-refractivity contribution in [2.45, 2.75) is 58.5 Å². The minimum atomic E-state index is -0.160. The number of benzene rings is 2. The Labute approximate surface area is 173 Å². The number of hydrogen-bond donors (Lipinski definition) is 2. The predicted octanol–water partition coefficient (Wildman–Crippen LogP) is 4.85. The molecule has 1 aliphatic rings. The van der Waals surface area contributed by atoms with Crippen LogP contribution in [0.15, 0.2) is 48.5 Å². The summed E-state index contributed by atoms with van der Waals surface area (Å²) in [6, 6.07) is 15.4. The molecule has 1 fully saturated rings. The van der Waals surface area contributed by atoms with Crippen LogP contribution in [0.1, 0.15) is 67.2 Å². The summed E-state index contributed by atoms with van der Waals surface area (Å²) in [4.78, 5) is 27.1. The molecule has 0 bridgehead atoms. The fourth-order valence-corrected chi connectivity index (χ4v) is 3.90. The van der Waals surface area contributed by atoms with Gasteiger partial charge in [0.05, 0.1) is 0 Å². The molecule has 2 N–H and O–H groups in total. The molecule has 5 heteroatoms. The van der Waals surface area contributed by atoms with Crippen LogP contribution in [0.4, 0.5) is 11.4 Å². The molecule has 0 saturated heterocycles. The lowest BCUT2D eigenvalue weighted by Gasteiger charge is -2.27. The van der Waals surface area contributed by atoms with Crippen LogP contribution in [0.25, 0.3) is 0 Å². The summed E-state index contributed by atoms with van der Waals surface area (Å²) in [6.07, 6.45) is 4.49. The molecule has 2 aromatic rings. The number of carbonyl (C=O) groups is 2. The summed E-state index contributed by atoms with van der Waals surface area (Å²) >= 11 is 0. The third kappa shape index (κ3) is 5.37. The lowest BCUT2D eigenvalue weighted by atomic mass is 10.1. The number of amides is 2. The summed E-state index contributed by atoms with van der Waals surface area (Å²) in [6.45, 7) is 7.35. The summed E-state index contributed by atoms with van der Waals surface area (Å²) in [5, 5.41) is 5.98. The van der Waals surface area contributed by atoms with E-state index in [9.17, 15) is 9.59 Å². The quantitative estimate of drug-likeness (QED) is 0.707. The van der Waals surface area contributed by atoms with Crippen molar-refractivity contribution >= 4 is 23.2 Å². The Morgan fingerprint density at radius 2 is 1.48 bits per heavy atom. The van der Waals surface area contributed by atoms with E-state index in [0.717, 1.165) is 25.1 Å². The van der Waals surface area contributed by atoms with E-state index >= 15 is 0 Å². The first-order chi connectivity index (χ1) is 14.0. The number of nitrogens with zero attached hydrogens (tertiary/aromatic N) is 1. The molecule has 3 rings (SSSR count). The van der Waals surface area contributed by atoms with Crippen LogP contribution < -0.4 is 15.5 Å². The van der Waals surface area contributed by atoms with Gasteiger partial charge in [0, 0.05) is 41.1 Å². The first-order valence-electron chi connectivity index (χ1n) is 10.6. The van der Waals surface area contributed by atoms with Crippen LogP contribution in [0, 0.1) is 0 Å². The van der Waals surface area contributed by atoms with Crippen LogP contribution in [0.3, 0.4) is 0 Å². The van der Waals surface area contributed by atoms with E-state index in [4.69, 9.17) is 0 Å². The second kappa shape index (κ2) is 9.59. The molecule has 1 aliphatic carbocycles. The lowest BCUT2D eigenvalue weighted by molar-refractivity contribution is 0.0937. The molecule has 0 heterocycles. The maximum Gasteiger partial charge on any atom is 0.255 e. The smallest absolute Gasteiger partial charge is 0.255 e. The number of hydrogen-bond acceptors (Lipinski definition) is 3.